The van der Waals surface area contributed by atoms with E-state index in [1.54, 1.807) is 24.3 Å². The van der Waals surface area contributed by atoms with Gasteiger partial charge in [-0.15, -0.1) is 0 Å². The van der Waals surface area contributed by atoms with E-state index in [1.165, 1.54) is 0 Å². The van der Waals surface area contributed by atoms with Gasteiger partial charge in [-0.05, 0) is 0 Å². The van der Waals surface area contributed by atoms with Crippen molar-refractivity contribution in [2.45, 2.75) is 6.42 Å². The standard InChI is InChI=1S/C13H10N4O3/c18-8(7-4-2-1-3-5-7)6-9-14-10-11(15-9)16-13(20)17-12(10)19/h1-5H,6H2,(H3,14,15,16,17,19,20). The lowest BCUT2D eigenvalue weighted by molar-refractivity contribution is 0.0991. The van der Waals surface area contributed by atoms with E-state index >= 15 is 0 Å². The monoisotopic (exact) mass is 270 g/mol. The third-order valence-electron chi connectivity index (χ3n) is 2.86. The highest BCUT2D eigenvalue weighted by Crippen LogP contribution is 2.07. The fourth-order valence-electron chi connectivity index (χ4n) is 1.94. The van der Waals surface area contributed by atoms with Crippen molar-refractivity contribution in [3.63, 3.8) is 0 Å². The van der Waals surface area contributed by atoms with Crippen LogP contribution in [0.1, 0.15) is 16.2 Å². The first kappa shape index (κ1) is 12.1. The highest BCUT2D eigenvalue weighted by Gasteiger charge is 2.12. The summed E-state index contributed by atoms with van der Waals surface area (Å²) in [6.07, 6.45) is 0.0279. The number of aromatic nitrogens is 4. The van der Waals surface area contributed by atoms with Crippen LogP contribution in [0.15, 0.2) is 39.9 Å². The normalized spacial score (nSPS) is 10.8. The van der Waals surface area contributed by atoms with Crippen molar-refractivity contribution in [1.29, 1.82) is 0 Å². The summed E-state index contributed by atoms with van der Waals surface area (Å²) in [5.74, 6) is 0.213. The average molecular weight is 270 g/mol. The zero-order valence-corrected chi connectivity index (χ0v) is 10.3. The number of fused-ring (bicyclic) bond motifs is 1. The Morgan fingerprint density at radius 2 is 1.80 bits per heavy atom. The predicted molar refractivity (Wildman–Crippen MR) is 71.8 cm³/mol. The fraction of sp³-hybridized carbons (Fsp3) is 0.0769. The summed E-state index contributed by atoms with van der Waals surface area (Å²) in [6, 6.07) is 8.78. The lowest BCUT2D eigenvalue weighted by atomic mass is 10.1. The number of nitrogens with zero attached hydrogens (tertiary/aromatic N) is 1. The van der Waals surface area contributed by atoms with Crippen molar-refractivity contribution in [2.75, 3.05) is 0 Å². The Balaban J connectivity index is 1.96. The van der Waals surface area contributed by atoms with Gasteiger partial charge in [0.05, 0.1) is 6.42 Å². The third kappa shape index (κ3) is 2.16. The van der Waals surface area contributed by atoms with Crippen LogP contribution >= 0.6 is 0 Å². The van der Waals surface area contributed by atoms with Crippen molar-refractivity contribution in [1.82, 2.24) is 19.9 Å². The van der Waals surface area contributed by atoms with Gasteiger partial charge in [-0.2, -0.15) is 0 Å². The van der Waals surface area contributed by atoms with Crippen LogP contribution in [0, 0.1) is 0 Å². The minimum atomic E-state index is -0.630. The lowest BCUT2D eigenvalue weighted by Gasteiger charge is -1.97. The van der Waals surface area contributed by atoms with E-state index in [9.17, 15) is 14.4 Å². The van der Waals surface area contributed by atoms with E-state index in [1.807, 2.05) is 6.07 Å². The summed E-state index contributed by atoms with van der Waals surface area (Å²) in [6.45, 7) is 0. The van der Waals surface area contributed by atoms with Gasteiger partial charge in [0.25, 0.3) is 5.56 Å². The second kappa shape index (κ2) is 4.61. The fourth-order valence-corrected chi connectivity index (χ4v) is 1.94. The molecule has 0 atom stereocenters. The molecule has 0 unspecified atom stereocenters. The Bertz CT molecular complexity index is 889. The second-order valence-electron chi connectivity index (χ2n) is 4.28. The summed E-state index contributed by atoms with van der Waals surface area (Å²) in [5.41, 5.74) is -0.324. The molecule has 3 N–H and O–H groups in total. The Kier molecular flexibility index (Phi) is 2.79. The van der Waals surface area contributed by atoms with Crippen LogP contribution in [-0.2, 0) is 6.42 Å². The van der Waals surface area contributed by atoms with E-state index in [0.29, 0.717) is 11.4 Å². The maximum Gasteiger partial charge on any atom is 0.327 e. The van der Waals surface area contributed by atoms with Gasteiger partial charge in [-0.3, -0.25) is 19.6 Å². The number of carbonyl (C=O) groups is 1. The number of benzene rings is 1. The zero-order valence-electron chi connectivity index (χ0n) is 10.3. The summed E-state index contributed by atoms with van der Waals surface area (Å²) in [4.78, 5) is 46.0. The molecule has 7 nitrogen and oxygen atoms in total. The minimum absolute atomic E-state index is 0.0279. The SMILES string of the molecule is O=C(Cc1nc2[nH]c(=O)[nH]c(=O)c2[nH]1)c1ccccc1. The number of imidazole rings is 1. The number of hydrogen-bond donors (Lipinski definition) is 3. The zero-order chi connectivity index (χ0) is 14.1. The molecule has 2 aromatic heterocycles. The molecule has 0 aliphatic rings. The topological polar surface area (TPSA) is 111 Å². The lowest BCUT2D eigenvalue weighted by Crippen LogP contribution is -2.21. The highest BCUT2D eigenvalue weighted by molar-refractivity contribution is 5.97. The molecule has 0 spiro atoms. The van der Waals surface area contributed by atoms with Gasteiger partial charge in [0.1, 0.15) is 11.3 Å². The molecule has 20 heavy (non-hydrogen) atoms. The van der Waals surface area contributed by atoms with Gasteiger partial charge < -0.3 is 4.98 Å². The van der Waals surface area contributed by atoms with Crippen molar-refractivity contribution in [2.24, 2.45) is 0 Å². The Hall–Kier alpha value is -2.96. The van der Waals surface area contributed by atoms with Gasteiger partial charge >= 0.3 is 5.69 Å². The molecule has 1 aromatic carbocycles. The summed E-state index contributed by atoms with van der Waals surface area (Å²) in [7, 11) is 0. The highest BCUT2D eigenvalue weighted by atomic mass is 16.2. The molecule has 0 amide bonds. The molecular weight excluding hydrogens is 260 g/mol. The maximum absolute atomic E-state index is 12.0. The summed E-state index contributed by atoms with van der Waals surface area (Å²) < 4.78 is 0. The first-order valence-corrected chi connectivity index (χ1v) is 5.93. The van der Waals surface area contributed by atoms with Gasteiger partial charge in [0.2, 0.25) is 0 Å². The number of hydrogen-bond acceptors (Lipinski definition) is 4. The second-order valence-corrected chi connectivity index (χ2v) is 4.28. The van der Waals surface area contributed by atoms with Crippen molar-refractivity contribution < 1.29 is 4.79 Å². The van der Waals surface area contributed by atoms with Crippen LogP contribution in [-0.4, -0.2) is 25.7 Å². The van der Waals surface area contributed by atoms with Crippen molar-refractivity contribution >= 4 is 16.9 Å². The van der Waals surface area contributed by atoms with Crippen LogP contribution in [0.2, 0.25) is 0 Å². The molecule has 0 aliphatic carbocycles. The molecule has 0 saturated carbocycles. The minimum Gasteiger partial charge on any atom is -0.336 e. The van der Waals surface area contributed by atoms with Crippen LogP contribution in [0.3, 0.4) is 0 Å². The molecule has 100 valence electrons. The van der Waals surface area contributed by atoms with Crippen LogP contribution in [0.5, 0.6) is 0 Å². The molecule has 0 aliphatic heterocycles. The maximum atomic E-state index is 12.0. The predicted octanol–water partition coefficient (Wildman–Crippen LogP) is 0.365. The average Bonchev–Trinajstić information content (AvgIpc) is 2.82. The van der Waals surface area contributed by atoms with Gasteiger partial charge in [0, 0.05) is 5.56 Å². The van der Waals surface area contributed by atoms with Crippen LogP contribution < -0.4 is 11.2 Å². The van der Waals surface area contributed by atoms with Crippen molar-refractivity contribution in [3.8, 4) is 0 Å². The molecule has 0 fully saturated rings. The third-order valence-corrected chi connectivity index (χ3v) is 2.86. The van der Waals surface area contributed by atoms with Crippen molar-refractivity contribution in [3.05, 3.63) is 62.6 Å². The van der Waals surface area contributed by atoms with Gasteiger partial charge in [0.15, 0.2) is 11.4 Å². The molecule has 0 bridgehead atoms. The number of H-pyrrole nitrogens is 3. The van der Waals surface area contributed by atoms with Crippen LogP contribution in [0.25, 0.3) is 11.2 Å². The van der Waals surface area contributed by atoms with E-state index in [2.05, 4.69) is 19.9 Å². The molecule has 2 heterocycles. The largest absolute Gasteiger partial charge is 0.336 e. The number of rotatable bonds is 3. The number of aromatic amines is 3. The van der Waals surface area contributed by atoms with E-state index in [0.717, 1.165) is 0 Å². The van der Waals surface area contributed by atoms with Gasteiger partial charge in [-0.1, -0.05) is 30.3 Å². The molecule has 3 aromatic rings. The number of nitrogens with one attached hydrogen (secondary N) is 3. The Labute approximate surface area is 111 Å². The number of carbonyl (C=O) groups excluding carboxylic acids is 1. The quantitative estimate of drug-likeness (QED) is 0.597. The van der Waals surface area contributed by atoms with E-state index in [4.69, 9.17) is 0 Å². The molecule has 0 saturated heterocycles. The number of ketones is 1. The first-order valence-electron chi connectivity index (χ1n) is 5.93. The van der Waals surface area contributed by atoms with Gasteiger partial charge in [-0.25, -0.2) is 9.78 Å². The molecule has 0 radical (unpaired) electrons. The van der Waals surface area contributed by atoms with E-state index < -0.39 is 11.2 Å². The number of Topliss-reactive ketones (excluding diaryl/α,β-unsaturated/α-hetero) is 1. The summed E-state index contributed by atoms with van der Waals surface area (Å²) >= 11 is 0. The molecule has 7 heteroatoms. The van der Waals surface area contributed by atoms with E-state index in [-0.39, 0.29) is 23.4 Å². The molecule has 3 rings (SSSR count). The first-order chi connectivity index (χ1) is 9.63. The Morgan fingerprint density at radius 3 is 2.55 bits per heavy atom. The van der Waals surface area contributed by atoms with Crippen LogP contribution in [0.4, 0.5) is 0 Å². The Morgan fingerprint density at radius 1 is 1.05 bits per heavy atom. The molecular formula is C13H10N4O3. The smallest absolute Gasteiger partial charge is 0.327 e. The summed E-state index contributed by atoms with van der Waals surface area (Å²) in [5, 5.41) is 0.